The van der Waals surface area contributed by atoms with Crippen LogP contribution >= 0.6 is 11.3 Å². The van der Waals surface area contributed by atoms with Crippen LogP contribution in [0.25, 0.3) is 10.8 Å². The van der Waals surface area contributed by atoms with Crippen LogP contribution in [0.15, 0.2) is 21.9 Å². The summed E-state index contributed by atoms with van der Waals surface area (Å²) in [5.41, 5.74) is 0.304. The van der Waals surface area contributed by atoms with Crippen LogP contribution < -0.4 is 0 Å². The summed E-state index contributed by atoms with van der Waals surface area (Å²) in [5, 5.41) is 10.8. The Balaban J connectivity index is 2.42. The molecule has 5 nitrogen and oxygen atoms in total. The molecule has 0 bridgehead atoms. The molecule has 2 heterocycles. The van der Waals surface area contributed by atoms with Crippen molar-refractivity contribution in [3.63, 3.8) is 0 Å². The Morgan fingerprint density at radius 2 is 2.50 bits per heavy atom. The van der Waals surface area contributed by atoms with E-state index in [4.69, 9.17) is 14.3 Å². The molecule has 0 aromatic carbocycles. The minimum Gasteiger partial charge on any atom is -0.475 e. The second-order valence-electron chi connectivity index (χ2n) is 3.01. The lowest BCUT2D eigenvalue weighted by atomic mass is 10.3. The molecule has 0 aliphatic rings. The molecule has 2 rings (SSSR count). The van der Waals surface area contributed by atoms with Gasteiger partial charge in [-0.15, -0.1) is 11.3 Å². The standard InChI is InChI=1S/C10H9NO4S/c1-14-5-6-8(10(12)13)15-9(11-6)7-3-2-4-16-7/h2-4H,5H2,1H3,(H,12,13). The molecule has 2 aromatic heterocycles. The van der Waals surface area contributed by atoms with Gasteiger partial charge in [0.15, 0.2) is 0 Å². The summed E-state index contributed by atoms with van der Waals surface area (Å²) in [6.07, 6.45) is 0. The number of ether oxygens (including phenoxy) is 1. The second kappa shape index (κ2) is 4.46. The van der Waals surface area contributed by atoms with Crippen molar-refractivity contribution < 1.29 is 19.1 Å². The van der Waals surface area contributed by atoms with Gasteiger partial charge in [-0.2, -0.15) is 0 Å². The van der Waals surface area contributed by atoms with Crippen LogP contribution in [0.2, 0.25) is 0 Å². The molecular formula is C10H9NO4S. The van der Waals surface area contributed by atoms with E-state index in [2.05, 4.69) is 4.98 Å². The third-order valence-electron chi connectivity index (χ3n) is 1.90. The van der Waals surface area contributed by atoms with Crippen molar-refractivity contribution in [1.29, 1.82) is 0 Å². The number of rotatable bonds is 4. The largest absolute Gasteiger partial charge is 0.475 e. The number of carboxylic acids is 1. The van der Waals surface area contributed by atoms with Gasteiger partial charge in [0, 0.05) is 7.11 Å². The van der Waals surface area contributed by atoms with Crippen molar-refractivity contribution in [2.45, 2.75) is 6.61 Å². The molecular weight excluding hydrogens is 230 g/mol. The Labute approximate surface area is 95.3 Å². The smallest absolute Gasteiger partial charge is 0.373 e. The van der Waals surface area contributed by atoms with Gasteiger partial charge in [-0.1, -0.05) is 6.07 Å². The topological polar surface area (TPSA) is 72.6 Å². The minimum absolute atomic E-state index is 0.122. The summed E-state index contributed by atoms with van der Waals surface area (Å²) in [4.78, 5) is 15.8. The minimum atomic E-state index is -1.14. The van der Waals surface area contributed by atoms with Gasteiger partial charge >= 0.3 is 5.97 Å². The van der Waals surface area contributed by atoms with Crippen LogP contribution in [-0.2, 0) is 11.3 Å². The summed E-state index contributed by atoms with van der Waals surface area (Å²) in [6, 6.07) is 3.67. The first-order valence-electron chi connectivity index (χ1n) is 4.48. The zero-order valence-corrected chi connectivity index (χ0v) is 9.28. The number of hydrogen-bond donors (Lipinski definition) is 1. The van der Waals surface area contributed by atoms with Crippen LogP contribution in [-0.4, -0.2) is 23.2 Å². The van der Waals surface area contributed by atoms with Gasteiger partial charge in [0.25, 0.3) is 0 Å². The molecule has 0 aliphatic heterocycles. The van der Waals surface area contributed by atoms with Gasteiger partial charge in [0.2, 0.25) is 11.7 Å². The molecule has 1 N–H and O–H groups in total. The Morgan fingerprint density at radius 1 is 1.69 bits per heavy atom. The Morgan fingerprint density at radius 3 is 3.06 bits per heavy atom. The number of thiophene rings is 1. The first kappa shape index (κ1) is 10.8. The number of hydrogen-bond acceptors (Lipinski definition) is 5. The predicted molar refractivity (Wildman–Crippen MR) is 57.5 cm³/mol. The number of methoxy groups -OCH3 is 1. The molecule has 0 saturated heterocycles. The number of nitrogens with zero attached hydrogens (tertiary/aromatic N) is 1. The fraction of sp³-hybridized carbons (Fsp3) is 0.200. The average Bonchev–Trinajstić information content (AvgIpc) is 2.83. The van der Waals surface area contributed by atoms with Crippen LogP contribution in [0.3, 0.4) is 0 Å². The highest BCUT2D eigenvalue weighted by atomic mass is 32.1. The first-order valence-corrected chi connectivity index (χ1v) is 5.36. The fourth-order valence-corrected chi connectivity index (χ4v) is 1.91. The molecule has 0 aliphatic carbocycles. The molecule has 2 aromatic rings. The van der Waals surface area contributed by atoms with Gasteiger partial charge in [-0.3, -0.25) is 0 Å². The van der Waals surface area contributed by atoms with Crippen molar-refractivity contribution >= 4 is 17.3 Å². The van der Waals surface area contributed by atoms with E-state index in [-0.39, 0.29) is 12.4 Å². The van der Waals surface area contributed by atoms with E-state index in [0.717, 1.165) is 4.88 Å². The van der Waals surface area contributed by atoms with Gasteiger partial charge in [-0.05, 0) is 11.4 Å². The third-order valence-corrected chi connectivity index (χ3v) is 2.76. The normalized spacial score (nSPS) is 10.6. The van der Waals surface area contributed by atoms with Crippen molar-refractivity contribution in [2.24, 2.45) is 0 Å². The monoisotopic (exact) mass is 239 g/mol. The van der Waals surface area contributed by atoms with Gasteiger partial charge in [-0.25, -0.2) is 9.78 Å². The van der Waals surface area contributed by atoms with Crippen LogP contribution in [0.1, 0.15) is 16.2 Å². The summed E-state index contributed by atoms with van der Waals surface area (Å²) in [6.45, 7) is 0.122. The van der Waals surface area contributed by atoms with Crippen LogP contribution in [0.4, 0.5) is 0 Å². The lowest BCUT2D eigenvalue weighted by Gasteiger charge is -1.92. The number of oxazole rings is 1. The van der Waals surface area contributed by atoms with E-state index in [0.29, 0.717) is 11.6 Å². The molecule has 0 atom stereocenters. The highest BCUT2D eigenvalue weighted by Crippen LogP contribution is 2.26. The molecule has 0 spiro atoms. The zero-order valence-electron chi connectivity index (χ0n) is 8.47. The van der Waals surface area contributed by atoms with Crippen LogP contribution in [0.5, 0.6) is 0 Å². The summed E-state index contributed by atoms with van der Waals surface area (Å²) >= 11 is 1.44. The average molecular weight is 239 g/mol. The highest BCUT2D eigenvalue weighted by Gasteiger charge is 2.20. The maximum absolute atomic E-state index is 10.9. The SMILES string of the molecule is COCc1nc(-c2cccs2)oc1C(=O)O. The molecule has 0 radical (unpaired) electrons. The van der Waals surface area contributed by atoms with Crippen LogP contribution in [0, 0.1) is 0 Å². The summed E-state index contributed by atoms with van der Waals surface area (Å²) in [7, 11) is 1.48. The fourth-order valence-electron chi connectivity index (χ4n) is 1.26. The molecule has 6 heteroatoms. The molecule has 84 valence electrons. The maximum atomic E-state index is 10.9. The first-order chi connectivity index (χ1) is 7.72. The van der Waals surface area contributed by atoms with E-state index in [9.17, 15) is 4.79 Å². The van der Waals surface area contributed by atoms with E-state index in [1.165, 1.54) is 18.4 Å². The van der Waals surface area contributed by atoms with Gasteiger partial charge < -0.3 is 14.3 Å². The molecule has 16 heavy (non-hydrogen) atoms. The summed E-state index contributed by atoms with van der Waals surface area (Å²) < 4.78 is 10.1. The third kappa shape index (κ3) is 1.98. The zero-order chi connectivity index (χ0) is 11.5. The van der Waals surface area contributed by atoms with Crippen molar-refractivity contribution in [3.8, 4) is 10.8 Å². The molecule has 0 unspecified atom stereocenters. The highest BCUT2D eigenvalue weighted by molar-refractivity contribution is 7.13. The molecule has 0 saturated carbocycles. The van der Waals surface area contributed by atoms with Gasteiger partial charge in [0.1, 0.15) is 5.69 Å². The Kier molecular flexibility index (Phi) is 3.02. The van der Waals surface area contributed by atoms with Gasteiger partial charge in [0.05, 0.1) is 11.5 Å². The quantitative estimate of drug-likeness (QED) is 0.885. The summed E-state index contributed by atoms with van der Waals surface area (Å²) in [5.74, 6) is -0.980. The number of carboxylic acid groups (broad SMARTS) is 1. The Bertz CT molecular complexity index is 489. The Hall–Kier alpha value is -1.66. The second-order valence-corrected chi connectivity index (χ2v) is 3.96. The molecule has 0 fully saturated rings. The van der Waals surface area contributed by atoms with E-state index in [1.54, 1.807) is 0 Å². The molecule has 0 amide bonds. The maximum Gasteiger partial charge on any atom is 0.373 e. The lowest BCUT2D eigenvalue weighted by Crippen LogP contribution is -2.00. The van der Waals surface area contributed by atoms with Crippen molar-refractivity contribution in [1.82, 2.24) is 4.98 Å². The predicted octanol–water partition coefficient (Wildman–Crippen LogP) is 2.25. The van der Waals surface area contributed by atoms with E-state index < -0.39 is 5.97 Å². The lowest BCUT2D eigenvalue weighted by molar-refractivity contribution is 0.0656. The van der Waals surface area contributed by atoms with E-state index >= 15 is 0 Å². The van der Waals surface area contributed by atoms with E-state index in [1.807, 2.05) is 17.5 Å². The number of aromatic carboxylic acids is 1. The van der Waals surface area contributed by atoms with Crippen molar-refractivity contribution in [3.05, 3.63) is 29.0 Å². The number of aromatic nitrogens is 1. The van der Waals surface area contributed by atoms with Crippen molar-refractivity contribution in [2.75, 3.05) is 7.11 Å². The number of carbonyl (C=O) groups is 1.